The van der Waals surface area contributed by atoms with Crippen LogP contribution in [0.25, 0.3) is 0 Å². The second kappa shape index (κ2) is 5.06. The third-order valence-electron chi connectivity index (χ3n) is 4.83. The first-order valence-corrected chi connectivity index (χ1v) is 7.22. The smallest absolute Gasteiger partial charge is 0.407 e. The van der Waals surface area contributed by atoms with Crippen molar-refractivity contribution in [2.24, 2.45) is 10.8 Å². The number of hydrogen-bond acceptors (Lipinski definition) is 3. The lowest BCUT2D eigenvalue weighted by atomic mass is 9.60. The Morgan fingerprint density at radius 1 is 1.19 bits per heavy atom. The zero-order chi connectivity index (χ0) is 14.9. The number of alkyl carbamates (subject to hydrolysis) is 1. The van der Waals surface area contributed by atoms with Gasteiger partial charge in [0.15, 0.2) is 0 Å². The van der Waals surface area contributed by atoms with Crippen molar-refractivity contribution in [1.29, 1.82) is 0 Å². The summed E-state index contributed by atoms with van der Waals surface area (Å²) >= 11 is 0. The maximum atomic E-state index is 11.7. The number of amides is 1. The van der Waals surface area contributed by atoms with Gasteiger partial charge in [-0.1, -0.05) is 30.3 Å². The van der Waals surface area contributed by atoms with Crippen molar-refractivity contribution >= 4 is 12.1 Å². The molecule has 1 aromatic rings. The van der Waals surface area contributed by atoms with Crippen LogP contribution in [0.5, 0.6) is 0 Å². The van der Waals surface area contributed by atoms with Crippen LogP contribution in [-0.2, 0) is 16.1 Å². The minimum absolute atomic E-state index is 0.0237. The summed E-state index contributed by atoms with van der Waals surface area (Å²) in [5.41, 5.74) is 0.403. The van der Waals surface area contributed by atoms with E-state index in [4.69, 9.17) is 4.74 Å². The average molecular weight is 289 g/mol. The SMILES string of the molecule is O=C(NCC12CCC(C(=O)O)(C1)C2)OCc1ccccc1. The monoisotopic (exact) mass is 289 g/mol. The van der Waals surface area contributed by atoms with E-state index in [0.717, 1.165) is 18.4 Å². The lowest BCUT2D eigenvalue weighted by Gasteiger charge is -2.44. The molecule has 21 heavy (non-hydrogen) atoms. The minimum Gasteiger partial charge on any atom is -0.481 e. The fourth-order valence-electron chi connectivity index (χ4n) is 3.75. The van der Waals surface area contributed by atoms with Gasteiger partial charge >= 0.3 is 12.1 Å². The number of rotatable bonds is 5. The number of fused-ring (bicyclic) bond motifs is 1. The van der Waals surface area contributed by atoms with Crippen molar-refractivity contribution in [1.82, 2.24) is 5.32 Å². The normalized spacial score (nSPS) is 29.5. The standard InChI is InChI=1S/C16H19NO4/c18-13(19)16-7-6-15(9-16,10-16)11-17-14(20)21-8-12-4-2-1-3-5-12/h1-5H,6-11H2,(H,17,20)(H,18,19). The van der Waals surface area contributed by atoms with Crippen molar-refractivity contribution in [2.45, 2.75) is 32.3 Å². The number of ether oxygens (including phenoxy) is 1. The van der Waals surface area contributed by atoms with E-state index >= 15 is 0 Å². The topological polar surface area (TPSA) is 75.6 Å². The Hall–Kier alpha value is -2.04. The van der Waals surface area contributed by atoms with Crippen LogP contribution in [0.3, 0.4) is 0 Å². The maximum Gasteiger partial charge on any atom is 0.407 e. The van der Waals surface area contributed by atoms with Crippen LogP contribution in [0.1, 0.15) is 31.2 Å². The zero-order valence-electron chi connectivity index (χ0n) is 11.8. The fraction of sp³-hybridized carbons (Fsp3) is 0.500. The van der Waals surface area contributed by atoms with Crippen LogP contribution in [-0.4, -0.2) is 23.7 Å². The maximum absolute atomic E-state index is 11.7. The molecule has 3 aliphatic carbocycles. The lowest BCUT2D eigenvalue weighted by molar-refractivity contribution is -0.156. The van der Waals surface area contributed by atoms with Crippen molar-refractivity contribution < 1.29 is 19.4 Å². The molecule has 112 valence electrons. The Morgan fingerprint density at radius 2 is 1.90 bits per heavy atom. The Balaban J connectivity index is 1.43. The number of carbonyl (C=O) groups excluding carboxylic acids is 1. The first-order chi connectivity index (χ1) is 10.0. The Bertz CT molecular complexity index is 549. The van der Waals surface area contributed by atoms with Crippen LogP contribution in [0.4, 0.5) is 4.79 Å². The third-order valence-corrected chi connectivity index (χ3v) is 4.83. The first-order valence-electron chi connectivity index (χ1n) is 7.22. The molecule has 1 amide bonds. The molecule has 3 saturated carbocycles. The molecule has 2 bridgehead atoms. The van der Waals surface area contributed by atoms with E-state index in [9.17, 15) is 14.7 Å². The molecule has 4 rings (SSSR count). The van der Waals surface area contributed by atoms with Gasteiger partial charge in [0.05, 0.1) is 5.41 Å². The Morgan fingerprint density at radius 3 is 2.52 bits per heavy atom. The average Bonchev–Trinajstić information content (AvgIpc) is 3.01. The molecule has 3 aliphatic rings. The van der Waals surface area contributed by atoms with Gasteiger partial charge in [-0.2, -0.15) is 0 Å². The summed E-state index contributed by atoms with van der Waals surface area (Å²) in [6, 6.07) is 9.50. The molecular weight excluding hydrogens is 270 g/mol. The van der Waals surface area contributed by atoms with Gasteiger partial charge in [-0.3, -0.25) is 4.79 Å². The van der Waals surface area contributed by atoms with Gasteiger partial charge in [0.1, 0.15) is 6.61 Å². The largest absolute Gasteiger partial charge is 0.481 e. The van der Waals surface area contributed by atoms with Crippen LogP contribution in [0.15, 0.2) is 30.3 Å². The van der Waals surface area contributed by atoms with Gasteiger partial charge in [0.2, 0.25) is 0 Å². The van der Waals surface area contributed by atoms with Gasteiger partial charge in [0.25, 0.3) is 0 Å². The molecule has 0 spiro atoms. The van der Waals surface area contributed by atoms with E-state index in [-0.39, 0.29) is 12.0 Å². The molecule has 0 atom stereocenters. The van der Waals surface area contributed by atoms with Crippen molar-refractivity contribution in [3.8, 4) is 0 Å². The van der Waals surface area contributed by atoms with Gasteiger partial charge < -0.3 is 15.2 Å². The van der Waals surface area contributed by atoms with E-state index in [0.29, 0.717) is 19.4 Å². The summed E-state index contributed by atoms with van der Waals surface area (Å²) < 4.78 is 5.16. The molecule has 0 saturated heterocycles. The second-order valence-corrected chi connectivity index (χ2v) is 6.35. The fourth-order valence-corrected chi connectivity index (χ4v) is 3.75. The van der Waals surface area contributed by atoms with Crippen LogP contribution < -0.4 is 5.32 Å². The number of benzene rings is 1. The van der Waals surface area contributed by atoms with E-state index < -0.39 is 17.5 Å². The predicted octanol–water partition coefficient (Wildman–Crippen LogP) is 2.56. The minimum atomic E-state index is -0.692. The molecule has 0 aliphatic heterocycles. The molecule has 0 aromatic heterocycles. The quantitative estimate of drug-likeness (QED) is 0.873. The van der Waals surface area contributed by atoms with E-state index in [1.54, 1.807) is 0 Å². The summed E-state index contributed by atoms with van der Waals surface area (Å²) in [5.74, 6) is -0.692. The molecule has 0 heterocycles. The number of carboxylic acids is 1. The number of nitrogens with one attached hydrogen (secondary N) is 1. The highest BCUT2D eigenvalue weighted by molar-refractivity contribution is 5.77. The van der Waals surface area contributed by atoms with Crippen molar-refractivity contribution in [2.75, 3.05) is 6.54 Å². The highest BCUT2D eigenvalue weighted by atomic mass is 16.5. The number of hydrogen-bond donors (Lipinski definition) is 2. The summed E-state index contributed by atoms with van der Waals surface area (Å²) in [6.45, 7) is 0.758. The second-order valence-electron chi connectivity index (χ2n) is 6.35. The van der Waals surface area contributed by atoms with Crippen molar-refractivity contribution in [3.05, 3.63) is 35.9 Å². The van der Waals surface area contributed by atoms with Crippen LogP contribution in [0.2, 0.25) is 0 Å². The lowest BCUT2D eigenvalue weighted by Crippen LogP contribution is -2.48. The zero-order valence-corrected chi connectivity index (χ0v) is 11.8. The van der Waals surface area contributed by atoms with Crippen LogP contribution in [0, 0.1) is 10.8 Å². The molecular formula is C16H19NO4. The van der Waals surface area contributed by atoms with Gasteiger partial charge in [-0.15, -0.1) is 0 Å². The predicted molar refractivity (Wildman–Crippen MR) is 75.6 cm³/mol. The van der Waals surface area contributed by atoms with Gasteiger partial charge in [-0.05, 0) is 36.7 Å². The molecule has 0 unspecified atom stereocenters. The number of carboxylic acid groups (broad SMARTS) is 1. The number of aliphatic carboxylic acids is 1. The van der Waals surface area contributed by atoms with Gasteiger partial charge in [-0.25, -0.2) is 4.79 Å². The van der Waals surface area contributed by atoms with Gasteiger partial charge in [0, 0.05) is 6.54 Å². The number of carbonyl (C=O) groups is 2. The van der Waals surface area contributed by atoms with Crippen LogP contribution >= 0.6 is 0 Å². The molecule has 3 fully saturated rings. The summed E-state index contributed by atoms with van der Waals surface area (Å²) in [6.07, 6.45) is 2.51. The molecule has 1 aromatic carbocycles. The molecule has 5 heteroatoms. The highest BCUT2D eigenvalue weighted by Crippen LogP contribution is 2.66. The summed E-state index contributed by atoms with van der Waals surface area (Å²) in [7, 11) is 0. The summed E-state index contributed by atoms with van der Waals surface area (Å²) in [5, 5.41) is 12.0. The first kappa shape index (κ1) is 13.9. The Labute approximate surface area is 123 Å². The van der Waals surface area contributed by atoms with E-state index in [1.807, 2.05) is 30.3 Å². The highest BCUT2D eigenvalue weighted by Gasteiger charge is 2.64. The van der Waals surface area contributed by atoms with E-state index in [1.165, 1.54) is 0 Å². The van der Waals surface area contributed by atoms with Crippen molar-refractivity contribution in [3.63, 3.8) is 0 Å². The summed E-state index contributed by atoms with van der Waals surface area (Å²) in [4.78, 5) is 22.9. The molecule has 5 nitrogen and oxygen atoms in total. The molecule has 2 N–H and O–H groups in total. The Kier molecular flexibility index (Phi) is 3.35. The van der Waals surface area contributed by atoms with E-state index in [2.05, 4.69) is 5.32 Å². The molecule has 0 radical (unpaired) electrons. The third kappa shape index (κ3) is 2.60.